The lowest BCUT2D eigenvalue weighted by atomic mass is 10.0. The molecule has 76 valence electrons. The van der Waals surface area contributed by atoms with E-state index in [2.05, 4.69) is 15.9 Å². The summed E-state index contributed by atoms with van der Waals surface area (Å²) >= 11 is 3.34. The van der Waals surface area contributed by atoms with Crippen LogP contribution in [-0.2, 0) is 15.6 Å². The van der Waals surface area contributed by atoms with Crippen LogP contribution in [0.25, 0.3) is 0 Å². The molecular weight excluding hydrogens is 266 g/mol. The van der Waals surface area contributed by atoms with Crippen LogP contribution in [0.15, 0.2) is 22.7 Å². The second kappa shape index (κ2) is 3.32. The summed E-state index contributed by atoms with van der Waals surface area (Å²) in [6, 6.07) is 5.16. The zero-order valence-corrected chi connectivity index (χ0v) is 9.81. The molecule has 1 aromatic rings. The molecule has 0 aromatic heterocycles. The van der Waals surface area contributed by atoms with Crippen molar-refractivity contribution in [1.82, 2.24) is 0 Å². The number of fused-ring (bicyclic) bond motifs is 1. The SMILES string of the molecule is NC1CS(=O)(=O)Cc2ccc(Br)cc21. The normalized spacial score (nSPS) is 24.3. The molecule has 1 aromatic carbocycles. The van der Waals surface area contributed by atoms with Gasteiger partial charge in [0.25, 0.3) is 0 Å². The molecule has 2 N–H and O–H groups in total. The lowest BCUT2D eigenvalue weighted by molar-refractivity contribution is 0.582. The molecule has 1 heterocycles. The Morgan fingerprint density at radius 1 is 1.43 bits per heavy atom. The zero-order chi connectivity index (χ0) is 10.3. The molecule has 0 aliphatic carbocycles. The summed E-state index contributed by atoms with van der Waals surface area (Å²) in [5.41, 5.74) is 7.56. The Kier molecular flexibility index (Phi) is 2.41. The summed E-state index contributed by atoms with van der Waals surface area (Å²) in [5.74, 6) is 0.166. The monoisotopic (exact) mass is 275 g/mol. The highest BCUT2D eigenvalue weighted by Crippen LogP contribution is 2.28. The predicted octanol–water partition coefficient (Wildman–Crippen LogP) is 1.38. The van der Waals surface area contributed by atoms with Crippen LogP contribution in [0.2, 0.25) is 0 Å². The average Bonchev–Trinajstić information content (AvgIpc) is 2.05. The standard InChI is InChI=1S/C9H10BrNO2S/c10-7-2-1-6-4-14(12,13)5-9(11)8(6)3-7/h1-3,9H,4-5,11H2. The van der Waals surface area contributed by atoms with Crippen molar-refractivity contribution >= 4 is 25.8 Å². The molecule has 0 fully saturated rings. The minimum atomic E-state index is -3.00. The Labute approximate surface area is 91.4 Å². The molecule has 5 heteroatoms. The van der Waals surface area contributed by atoms with E-state index in [1.165, 1.54) is 0 Å². The zero-order valence-electron chi connectivity index (χ0n) is 7.40. The van der Waals surface area contributed by atoms with Gasteiger partial charge in [-0.25, -0.2) is 8.42 Å². The summed E-state index contributed by atoms with van der Waals surface area (Å²) in [7, 11) is -3.00. The molecule has 14 heavy (non-hydrogen) atoms. The van der Waals surface area contributed by atoms with Crippen molar-refractivity contribution in [3.05, 3.63) is 33.8 Å². The number of hydrogen-bond donors (Lipinski definition) is 1. The van der Waals surface area contributed by atoms with Gasteiger partial charge in [-0.2, -0.15) is 0 Å². The van der Waals surface area contributed by atoms with Crippen LogP contribution in [0.1, 0.15) is 17.2 Å². The average molecular weight is 276 g/mol. The Morgan fingerprint density at radius 2 is 2.14 bits per heavy atom. The fraction of sp³-hybridized carbons (Fsp3) is 0.333. The molecule has 0 amide bonds. The van der Waals surface area contributed by atoms with Gasteiger partial charge in [0.05, 0.1) is 11.5 Å². The van der Waals surface area contributed by atoms with Gasteiger partial charge >= 0.3 is 0 Å². The van der Waals surface area contributed by atoms with Crippen molar-refractivity contribution in [2.75, 3.05) is 5.75 Å². The van der Waals surface area contributed by atoms with Crippen molar-refractivity contribution in [3.63, 3.8) is 0 Å². The van der Waals surface area contributed by atoms with Gasteiger partial charge in [-0.3, -0.25) is 0 Å². The Morgan fingerprint density at radius 3 is 2.86 bits per heavy atom. The number of sulfone groups is 1. The summed E-state index contributed by atoms with van der Waals surface area (Å²) in [6.45, 7) is 0. The molecule has 1 aliphatic heterocycles. The second-order valence-electron chi connectivity index (χ2n) is 3.50. The molecular formula is C9H10BrNO2S. The molecule has 2 rings (SSSR count). The number of nitrogens with two attached hydrogens (primary N) is 1. The first-order chi connectivity index (χ1) is 6.48. The van der Waals surface area contributed by atoms with Gasteiger partial charge in [0.2, 0.25) is 0 Å². The topological polar surface area (TPSA) is 60.2 Å². The van der Waals surface area contributed by atoms with E-state index < -0.39 is 9.84 Å². The van der Waals surface area contributed by atoms with E-state index in [0.29, 0.717) is 0 Å². The molecule has 1 unspecified atom stereocenters. The van der Waals surface area contributed by atoms with E-state index in [0.717, 1.165) is 15.6 Å². The highest BCUT2D eigenvalue weighted by Gasteiger charge is 2.27. The number of rotatable bonds is 0. The largest absolute Gasteiger partial charge is 0.323 e. The highest BCUT2D eigenvalue weighted by atomic mass is 79.9. The maximum atomic E-state index is 11.4. The first-order valence-electron chi connectivity index (χ1n) is 4.22. The maximum absolute atomic E-state index is 11.4. The smallest absolute Gasteiger partial charge is 0.156 e. The van der Waals surface area contributed by atoms with Crippen LogP contribution in [0, 0.1) is 0 Å². The summed E-state index contributed by atoms with van der Waals surface area (Å²) in [5, 5.41) is 0. The Bertz CT molecular complexity index is 470. The van der Waals surface area contributed by atoms with Gasteiger partial charge in [-0.1, -0.05) is 22.0 Å². The van der Waals surface area contributed by atoms with Crippen LogP contribution in [0.3, 0.4) is 0 Å². The van der Waals surface area contributed by atoms with Crippen molar-refractivity contribution in [3.8, 4) is 0 Å². The fourth-order valence-electron chi connectivity index (χ4n) is 1.70. The third-order valence-electron chi connectivity index (χ3n) is 2.32. The van der Waals surface area contributed by atoms with Gasteiger partial charge in [0, 0.05) is 10.5 Å². The van der Waals surface area contributed by atoms with E-state index in [-0.39, 0.29) is 17.5 Å². The fourth-order valence-corrected chi connectivity index (χ4v) is 3.66. The molecule has 0 radical (unpaired) electrons. The summed E-state index contributed by atoms with van der Waals surface area (Å²) < 4.78 is 23.8. The lowest BCUT2D eigenvalue weighted by Gasteiger charge is -2.22. The van der Waals surface area contributed by atoms with E-state index >= 15 is 0 Å². The van der Waals surface area contributed by atoms with Crippen molar-refractivity contribution in [1.29, 1.82) is 0 Å². The van der Waals surface area contributed by atoms with Crippen LogP contribution in [0.5, 0.6) is 0 Å². The molecule has 0 saturated carbocycles. The van der Waals surface area contributed by atoms with Crippen molar-refractivity contribution in [2.45, 2.75) is 11.8 Å². The van der Waals surface area contributed by atoms with Crippen LogP contribution < -0.4 is 5.73 Å². The number of benzene rings is 1. The van der Waals surface area contributed by atoms with E-state index in [9.17, 15) is 8.42 Å². The van der Waals surface area contributed by atoms with Crippen molar-refractivity contribution < 1.29 is 8.42 Å². The molecule has 0 spiro atoms. The first kappa shape index (κ1) is 10.1. The third kappa shape index (κ3) is 1.85. The number of hydrogen-bond acceptors (Lipinski definition) is 3. The molecule has 1 atom stereocenters. The van der Waals surface area contributed by atoms with Crippen LogP contribution in [-0.4, -0.2) is 14.2 Å². The van der Waals surface area contributed by atoms with Gasteiger partial charge in [-0.15, -0.1) is 0 Å². The molecule has 0 saturated heterocycles. The quantitative estimate of drug-likeness (QED) is 0.778. The second-order valence-corrected chi connectivity index (χ2v) is 6.53. The summed E-state index contributed by atoms with van der Waals surface area (Å²) in [6.07, 6.45) is 0. The van der Waals surface area contributed by atoms with Crippen LogP contribution in [0.4, 0.5) is 0 Å². The molecule has 0 bridgehead atoms. The molecule has 1 aliphatic rings. The maximum Gasteiger partial charge on any atom is 0.156 e. The highest BCUT2D eigenvalue weighted by molar-refractivity contribution is 9.10. The van der Waals surface area contributed by atoms with E-state index in [1.54, 1.807) is 0 Å². The third-order valence-corrected chi connectivity index (χ3v) is 4.43. The minimum Gasteiger partial charge on any atom is -0.323 e. The first-order valence-corrected chi connectivity index (χ1v) is 6.84. The summed E-state index contributed by atoms with van der Waals surface area (Å²) in [4.78, 5) is 0. The Hall–Kier alpha value is -0.390. The van der Waals surface area contributed by atoms with Gasteiger partial charge < -0.3 is 5.73 Å². The van der Waals surface area contributed by atoms with E-state index in [4.69, 9.17) is 5.73 Å². The lowest BCUT2D eigenvalue weighted by Crippen LogP contribution is -2.28. The van der Waals surface area contributed by atoms with Gasteiger partial charge in [0.1, 0.15) is 0 Å². The van der Waals surface area contributed by atoms with Gasteiger partial charge in [-0.05, 0) is 23.3 Å². The van der Waals surface area contributed by atoms with Crippen molar-refractivity contribution in [2.24, 2.45) is 5.73 Å². The molecule has 3 nitrogen and oxygen atoms in total. The predicted molar refractivity (Wildman–Crippen MR) is 58.6 cm³/mol. The minimum absolute atomic E-state index is 0.0520. The van der Waals surface area contributed by atoms with Gasteiger partial charge in [0.15, 0.2) is 9.84 Å². The number of halogens is 1. The Balaban J connectivity index is 2.56. The van der Waals surface area contributed by atoms with E-state index in [1.807, 2.05) is 18.2 Å². The van der Waals surface area contributed by atoms with Crippen LogP contribution >= 0.6 is 15.9 Å².